The SMILES string of the molecule is CCCc1ccc([N+](=S)[S-])cc1C(Cl)(Cl)Cl. The molecule has 0 aliphatic rings. The number of hydrogen-bond donors (Lipinski definition) is 0. The number of alkyl halides is 3. The Bertz CT molecular complexity index is 402. The van der Waals surface area contributed by atoms with Crippen molar-refractivity contribution in [2.75, 3.05) is 0 Å². The Kier molecular flexibility index (Phi) is 5.20. The van der Waals surface area contributed by atoms with E-state index in [0.29, 0.717) is 11.3 Å². The van der Waals surface area contributed by atoms with Crippen LogP contribution in [0, 0.1) is 0 Å². The fourth-order valence-electron chi connectivity index (χ4n) is 1.43. The molecule has 1 aromatic carbocycles. The molecule has 0 N–H and O–H groups in total. The Labute approximate surface area is 121 Å². The second-order valence-corrected chi connectivity index (χ2v) is 6.59. The molecule has 0 aliphatic heterocycles. The van der Waals surface area contributed by atoms with E-state index < -0.39 is 3.79 Å². The summed E-state index contributed by atoms with van der Waals surface area (Å²) in [4.78, 5) is 0. The molecule has 0 aliphatic carbocycles. The van der Waals surface area contributed by atoms with Crippen molar-refractivity contribution in [3.63, 3.8) is 0 Å². The van der Waals surface area contributed by atoms with Gasteiger partial charge in [0.15, 0.2) is 0 Å². The first kappa shape index (κ1) is 14.4. The molecule has 0 radical (unpaired) electrons. The zero-order valence-electron chi connectivity index (χ0n) is 8.54. The van der Waals surface area contributed by atoms with E-state index in [2.05, 4.69) is 6.92 Å². The molecule has 1 nitrogen and oxygen atoms in total. The summed E-state index contributed by atoms with van der Waals surface area (Å²) in [5.74, 6) is 0. The third-order valence-corrected chi connectivity index (χ3v) is 3.16. The van der Waals surface area contributed by atoms with E-state index in [1.165, 1.54) is 0 Å². The molecule has 1 aromatic rings. The maximum atomic E-state index is 5.92. The van der Waals surface area contributed by atoms with Crippen molar-refractivity contribution in [2.45, 2.75) is 23.6 Å². The van der Waals surface area contributed by atoms with Crippen molar-refractivity contribution in [1.29, 1.82) is 0 Å². The molecule has 0 saturated heterocycles. The van der Waals surface area contributed by atoms with Gasteiger partial charge in [-0.05, 0) is 12.0 Å². The smallest absolute Gasteiger partial charge is 0.216 e. The highest BCUT2D eigenvalue weighted by atomic mass is 35.6. The molecule has 0 unspecified atom stereocenters. The molecule has 1 rings (SSSR count). The average Bonchev–Trinajstić information content (AvgIpc) is 2.16. The molecule has 0 fully saturated rings. The average molecular weight is 315 g/mol. The van der Waals surface area contributed by atoms with E-state index in [1.807, 2.05) is 12.1 Å². The van der Waals surface area contributed by atoms with Crippen LogP contribution in [0.1, 0.15) is 24.5 Å². The van der Waals surface area contributed by atoms with Gasteiger partial charge in [0.1, 0.15) is 0 Å². The zero-order valence-corrected chi connectivity index (χ0v) is 12.4. The van der Waals surface area contributed by atoms with Gasteiger partial charge in [-0.25, -0.2) is 3.35 Å². The molecule has 0 bridgehead atoms. The maximum absolute atomic E-state index is 5.92. The van der Waals surface area contributed by atoms with Crippen LogP contribution in [0.15, 0.2) is 18.2 Å². The van der Waals surface area contributed by atoms with Crippen LogP contribution < -0.4 is 0 Å². The van der Waals surface area contributed by atoms with E-state index in [1.54, 1.807) is 6.07 Å². The van der Waals surface area contributed by atoms with Gasteiger partial charge < -0.3 is 0 Å². The Morgan fingerprint density at radius 2 is 2.00 bits per heavy atom. The van der Waals surface area contributed by atoms with Crippen LogP contribution in [-0.2, 0) is 35.5 Å². The largest absolute Gasteiger partial charge is 0.225 e. The van der Waals surface area contributed by atoms with E-state index in [4.69, 9.17) is 60.0 Å². The van der Waals surface area contributed by atoms with Crippen molar-refractivity contribution >= 4 is 65.7 Å². The normalized spacial score (nSPS) is 11.5. The molecule has 0 aromatic heterocycles. The van der Waals surface area contributed by atoms with Crippen LogP contribution in [0.3, 0.4) is 0 Å². The lowest BCUT2D eigenvalue weighted by atomic mass is 10.0. The van der Waals surface area contributed by atoms with Gasteiger partial charge in [-0.15, -0.1) is 0 Å². The van der Waals surface area contributed by atoms with Crippen molar-refractivity contribution in [2.24, 2.45) is 0 Å². The van der Waals surface area contributed by atoms with E-state index in [-0.39, 0.29) is 0 Å². The Morgan fingerprint density at radius 3 is 2.44 bits per heavy atom. The lowest BCUT2D eigenvalue weighted by Gasteiger charge is -2.16. The maximum Gasteiger partial charge on any atom is 0.216 e. The molecule has 0 heterocycles. The first-order chi connectivity index (χ1) is 7.36. The van der Waals surface area contributed by atoms with Crippen molar-refractivity contribution in [1.82, 2.24) is 0 Å². The lowest BCUT2D eigenvalue weighted by Crippen LogP contribution is -2.06. The summed E-state index contributed by atoms with van der Waals surface area (Å²) < 4.78 is -0.281. The topological polar surface area (TPSA) is 3.01 Å². The molecule has 0 atom stereocenters. The molecule has 0 saturated carbocycles. The van der Waals surface area contributed by atoms with Crippen molar-refractivity contribution in [3.05, 3.63) is 29.3 Å². The van der Waals surface area contributed by atoms with Crippen LogP contribution in [0.4, 0.5) is 5.69 Å². The Morgan fingerprint density at radius 1 is 1.38 bits per heavy atom. The minimum absolute atomic E-state index is 0.650. The molecule has 0 spiro atoms. The lowest BCUT2D eigenvalue weighted by molar-refractivity contribution is -0.197. The van der Waals surface area contributed by atoms with Crippen LogP contribution in [-0.4, -0.2) is 3.35 Å². The predicted octanol–water partition coefficient (Wildman–Crippen LogP) is 4.30. The van der Waals surface area contributed by atoms with Gasteiger partial charge in [0.25, 0.3) is 0 Å². The highest BCUT2D eigenvalue weighted by Crippen LogP contribution is 2.41. The molecule has 6 heteroatoms. The molecule has 16 heavy (non-hydrogen) atoms. The summed E-state index contributed by atoms with van der Waals surface area (Å²) in [5, 5.41) is 0. The standard InChI is InChI=1S/C10H10Cl3NS2/c1-2-3-7-4-5-8(14(15)16)6-9(7)10(11,12)13/h4-6H,2-3H2,1H3. The zero-order chi connectivity index (χ0) is 12.3. The summed E-state index contributed by atoms with van der Waals surface area (Å²) in [6, 6.07) is 5.48. The highest BCUT2D eigenvalue weighted by molar-refractivity contribution is 7.58. The molecule has 88 valence electrons. The summed E-state index contributed by atoms with van der Waals surface area (Å²) in [5.41, 5.74) is 2.33. The second kappa shape index (κ2) is 5.78. The summed E-state index contributed by atoms with van der Waals surface area (Å²) in [6.07, 6.45) is 1.84. The fraction of sp³-hybridized carbons (Fsp3) is 0.400. The minimum atomic E-state index is -1.44. The van der Waals surface area contributed by atoms with Gasteiger partial charge in [0.2, 0.25) is 9.48 Å². The molecular formula is C10H10Cl3NS2. The summed E-state index contributed by atoms with van der Waals surface area (Å²) >= 11 is 27.5. The fourth-order valence-corrected chi connectivity index (χ4v) is 2.18. The Balaban J connectivity index is 3.27. The van der Waals surface area contributed by atoms with Gasteiger partial charge >= 0.3 is 0 Å². The number of aryl methyl sites for hydroxylation is 1. The third-order valence-electron chi connectivity index (χ3n) is 2.13. The third kappa shape index (κ3) is 3.67. The van der Waals surface area contributed by atoms with Gasteiger partial charge in [-0.1, -0.05) is 79.5 Å². The highest BCUT2D eigenvalue weighted by Gasteiger charge is 2.27. The second-order valence-electron chi connectivity index (χ2n) is 3.35. The number of nitrogens with zero attached hydrogens (tertiary/aromatic N) is 1. The number of benzene rings is 1. The van der Waals surface area contributed by atoms with Crippen LogP contribution >= 0.6 is 34.8 Å². The first-order valence-electron chi connectivity index (χ1n) is 4.70. The van der Waals surface area contributed by atoms with Crippen LogP contribution in [0.25, 0.3) is 0 Å². The van der Waals surface area contributed by atoms with Gasteiger partial charge in [0, 0.05) is 17.7 Å². The van der Waals surface area contributed by atoms with E-state index in [9.17, 15) is 0 Å². The van der Waals surface area contributed by atoms with E-state index in [0.717, 1.165) is 21.8 Å². The molecular weight excluding hydrogens is 305 g/mol. The van der Waals surface area contributed by atoms with Crippen molar-refractivity contribution in [3.8, 4) is 0 Å². The predicted molar refractivity (Wildman–Crippen MR) is 74.3 cm³/mol. The van der Waals surface area contributed by atoms with Gasteiger partial charge in [0.05, 0.1) is 0 Å². The van der Waals surface area contributed by atoms with Crippen molar-refractivity contribution < 1.29 is 3.35 Å². The number of halogens is 3. The van der Waals surface area contributed by atoms with Crippen LogP contribution in [0.2, 0.25) is 0 Å². The van der Waals surface area contributed by atoms with Gasteiger partial charge in [-0.2, -0.15) is 0 Å². The summed E-state index contributed by atoms with van der Waals surface area (Å²) in [6.45, 7) is 2.07. The quantitative estimate of drug-likeness (QED) is 0.465. The number of rotatable bonds is 3. The minimum Gasteiger partial charge on any atom is -0.225 e. The van der Waals surface area contributed by atoms with E-state index >= 15 is 0 Å². The monoisotopic (exact) mass is 313 g/mol. The Hall–Kier alpha value is 0.330. The van der Waals surface area contributed by atoms with Gasteiger partial charge in [-0.3, -0.25) is 0 Å². The summed E-state index contributed by atoms with van der Waals surface area (Å²) in [7, 11) is 0. The van der Waals surface area contributed by atoms with Crippen LogP contribution in [0.5, 0.6) is 0 Å². The first-order valence-corrected chi connectivity index (χ1v) is 6.57. The number of hydrogen-bond acceptors (Lipinski definition) is 2. The molecule has 0 amide bonds.